The zero-order valence-electron chi connectivity index (χ0n) is 14.5. The van der Waals surface area contributed by atoms with E-state index >= 15 is 0 Å². The van der Waals surface area contributed by atoms with E-state index in [-0.39, 0.29) is 18.1 Å². The molecule has 1 amide bonds. The molecule has 1 saturated heterocycles. The molecule has 0 saturated carbocycles. The molecular formula is C18H27FN4O. The minimum absolute atomic E-state index is 0.0646. The number of carbonyl (C=O) groups excluding carboxylic acids is 1. The number of hydrogen-bond donors (Lipinski definition) is 2. The number of nitrogens with zero attached hydrogens (tertiary/aromatic N) is 2. The van der Waals surface area contributed by atoms with E-state index in [1.54, 1.807) is 19.2 Å². The third kappa shape index (κ3) is 5.83. The third-order valence-electron chi connectivity index (χ3n) is 4.30. The van der Waals surface area contributed by atoms with Gasteiger partial charge in [-0.3, -0.25) is 9.79 Å². The van der Waals surface area contributed by atoms with Crippen molar-refractivity contribution in [3.63, 3.8) is 0 Å². The van der Waals surface area contributed by atoms with Crippen LogP contribution in [0.4, 0.5) is 4.39 Å². The molecule has 0 atom stereocenters. The Balaban J connectivity index is 1.66. The summed E-state index contributed by atoms with van der Waals surface area (Å²) in [5.74, 6) is 1.33. The summed E-state index contributed by atoms with van der Waals surface area (Å²) in [6.07, 6.45) is 2.64. The monoisotopic (exact) mass is 334 g/mol. The molecule has 1 fully saturated rings. The highest BCUT2D eigenvalue weighted by Crippen LogP contribution is 2.15. The minimum Gasteiger partial charge on any atom is -0.354 e. The van der Waals surface area contributed by atoms with E-state index in [9.17, 15) is 9.18 Å². The van der Waals surface area contributed by atoms with Crippen molar-refractivity contribution in [3.8, 4) is 0 Å². The molecule has 24 heavy (non-hydrogen) atoms. The molecule has 0 unspecified atom stereocenters. The highest BCUT2D eigenvalue weighted by atomic mass is 19.1. The van der Waals surface area contributed by atoms with Crippen molar-refractivity contribution < 1.29 is 9.18 Å². The van der Waals surface area contributed by atoms with E-state index in [1.807, 2.05) is 0 Å². The highest BCUT2D eigenvalue weighted by Gasteiger charge is 2.18. The maximum absolute atomic E-state index is 12.8. The standard InChI is InChI=1S/C18H27FN4O/c1-14-7-11-23(12-8-14)18(20-2)22-10-9-21-17(24)13-15-3-5-16(19)6-4-15/h3-6,14H,7-13H2,1-2H3,(H,20,22)(H,21,24). The first-order chi connectivity index (χ1) is 11.6. The number of nitrogens with one attached hydrogen (secondary N) is 2. The van der Waals surface area contributed by atoms with Crippen LogP contribution in [0.2, 0.25) is 0 Å². The zero-order chi connectivity index (χ0) is 17.4. The second kappa shape index (κ2) is 9.25. The highest BCUT2D eigenvalue weighted by molar-refractivity contribution is 5.80. The van der Waals surface area contributed by atoms with Gasteiger partial charge >= 0.3 is 0 Å². The predicted molar refractivity (Wildman–Crippen MR) is 94.4 cm³/mol. The largest absolute Gasteiger partial charge is 0.354 e. The summed E-state index contributed by atoms with van der Waals surface area (Å²) in [6.45, 7) is 5.50. The molecule has 2 N–H and O–H groups in total. The summed E-state index contributed by atoms with van der Waals surface area (Å²) in [5.41, 5.74) is 0.806. The number of piperidine rings is 1. The fourth-order valence-corrected chi connectivity index (χ4v) is 2.78. The van der Waals surface area contributed by atoms with Crippen molar-refractivity contribution in [3.05, 3.63) is 35.6 Å². The van der Waals surface area contributed by atoms with E-state index < -0.39 is 0 Å². The normalized spacial score (nSPS) is 16.1. The maximum atomic E-state index is 12.8. The average molecular weight is 334 g/mol. The van der Waals surface area contributed by atoms with Crippen molar-refractivity contribution in [2.75, 3.05) is 33.2 Å². The van der Waals surface area contributed by atoms with Crippen LogP contribution in [0.15, 0.2) is 29.3 Å². The molecule has 0 spiro atoms. The van der Waals surface area contributed by atoms with Gasteiger partial charge in [-0.2, -0.15) is 0 Å². The number of halogens is 1. The Morgan fingerprint density at radius 3 is 2.46 bits per heavy atom. The van der Waals surface area contributed by atoms with Gasteiger partial charge in [0.05, 0.1) is 6.42 Å². The fraction of sp³-hybridized carbons (Fsp3) is 0.556. The van der Waals surface area contributed by atoms with Crippen LogP contribution in [-0.4, -0.2) is 50.0 Å². The number of likely N-dealkylation sites (tertiary alicyclic amines) is 1. The van der Waals surface area contributed by atoms with Crippen LogP contribution >= 0.6 is 0 Å². The minimum atomic E-state index is -0.290. The molecule has 2 rings (SSSR count). The first-order valence-corrected chi connectivity index (χ1v) is 8.55. The molecule has 5 nitrogen and oxygen atoms in total. The lowest BCUT2D eigenvalue weighted by atomic mass is 10.00. The molecule has 0 aromatic heterocycles. The number of carbonyl (C=O) groups is 1. The van der Waals surface area contributed by atoms with Gasteiger partial charge in [-0.05, 0) is 36.5 Å². The Morgan fingerprint density at radius 2 is 1.83 bits per heavy atom. The molecule has 0 bridgehead atoms. The zero-order valence-corrected chi connectivity index (χ0v) is 14.5. The van der Waals surface area contributed by atoms with Gasteiger partial charge in [-0.25, -0.2) is 4.39 Å². The molecule has 132 valence electrons. The lowest BCUT2D eigenvalue weighted by molar-refractivity contribution is -0.120. The van der Waals surface area contributed by atoms with E-state index in [0.29, 0.717) is 13.1 Å². The molecule has 1 aromatic carbocycles. The summed E-state index contributed by atoms with van der Waals surface area (Å²) >= 11 is 0. The molecule has 1 aliphatic rings. The lowest BCUT2D eigenvalue weighted by Gasteiger charge is -2.32. The number of benzene rings is 1. The topological polar surface area (TPSA) is 56.7 Å². The van der Waals surface area contributed by atoms with Crippen molar-refractivity contribution in [1.29, 1.82) is 0 Å². The van der Waals surface area contributed by atoms with Crippen LogP contribution in [-0.2, 0) is 11.2 Å². The average Bonchev–Trinajstić information content (AvgIpc) is 2.58. The summed E-state index contributed by atoms with van der Waals surface area (Å²) in [7, 11) is 1.79. The first-order valence-electron chi connectivity index (χ1n) is 8.55. The van der Waals surface area contributed by atoms with E-state index in [0.717, 1.165) is 30.5 Å². The number of aliphatic imine (C=N–C) groups is 1. The van der Waals surface area contributed by atoms with Crippen molar-refractivity contribution in [2.24, 2.45) is 10.9 Å². The molecule has 0 radical (unpaired) electrons. The Labute approximate surface area is 143 Å². The van der Waals surface area contributed by atoms with Crippen molar-refractivity contribution in [1.82, 2.24) is 15.5 Å². The van der Waals surface area contributed by atoms with Crippen LogP contribution in [0.1, 0.15) is 25.3 Å². The summed E-state index contributed by atoms with van der Waals surface area (Å²) < 4.78 is 12.8. The van der Waals surface area contributed by atoms with Gasteiger partial charge in [0.15, 0.2) is 5.96 Å². The molecule has 1 heterocycles. The van der Waals surface area contributed by atoms with Crippen LogP contribution in [0.25, 0.3) is 0 Å². The van der Waals surface area contributed by atoms with Gasteiger partial charge in [0.2, 0.25) is 5.91 Å². The van der Waals surface area contributed by atoms with Gasteiger partial charge < -0.3 is 15.5 Å². The second-order valence-corrected chi connectivity index (χ2v) is 6.30. The van der Waals surface area contributed by atoms with Gasteiger partial charge in [0.25, 0.3) is 0 Å². The third-order valence-corrected chi connectivity index (χ3v) is 4.30. The Morgan fingerprint density at radius 1 is 1.21 bits per heavy atom. The van der Waals surface area contributed by atoms with Crippen LogP contribution in [0.3, 0.4) is 0 Å². The number of hydrogen-bond acceptors (Lipinski definition) is 2. The lowest BCUT2D eigenvalue weighted by Crippen LogP contribution is -2.47. The smallest absolute Gasteiger partial charge is 0.224 e. The molecular weight excluding hydrogens is 307 g/mol. The van der Waals surface area contributed by atoms with Gasteiger partial charge in [-0.1, -0.05) is 19.1 Å². The van der Waals surface area contributed by atoms with Gasteiger partial charge in [0.1, 0.15) is 5.82 Å². The molecule has 1 aromatic rings. The summed E-state index contributed by atoms with van der Waals surface area (Å²) in [6, 6.07) is 6.00. The second-order valence-electron chi connectivity index (χ2n) is 6.30. The van der Waals surface area contributed by atoms with Gasteiger partial charge in [-0.15, -0.1) is 0 Å². The fourth-order valence-electron chi connectivity index (χ4n) is 2.78. The molecule has 0 aliphatic carbocycles. The first kappa shape index (κ1) is 18.2. The van der Waals surface area contributed by atoms with Crippen LogP contribution in [0.5, 0.6) is 0 Å². The van der Waals surface area contributed by atoms with Crippen LogP contribution in [0, 0.1) is 11.7 Å². The Bertz CT molecular complexity index is 551. The predicted octanol–water partition coefficient (Wildman–Crippen LogP) is 1.79. The molecule has 6 heteroatoms. The maximum Gasteiger partial charge on any atom is 0.224 e. The SMILES string of the molecule is CN=C(NCCNC(=O)Cc1ccc(F)cc1)N1CCC(C)CC1. The molecule has 1 aliphatic heterocycles. The van der Waals surface area contributed by atoms with Crippen LogP contribution < -0.4 is 10.6 Å². The summed E-state index contributed by atoms with van der Waals surface area (Å²) in [5, 5.41) is 6.16. The Hall–Kier alpha value is -2.11. The van der Waals surface area contributed by atoms with Crippen molar-refractivity contribution >= 4 is 11.9 Å². The number of rotatable bonds is 5. The van der Waals surface area contributed by atoms with E-state index in [2.05, 4.69) is 27.4 Å². The number of guanidine groups is 1. The van der Waals surface area contributed by atoms with E-state index in [4.69, 9.17) is 0 Å². The van der Waals surface area contributed by atoms with Crippen molar-refractivity contribution in [2.45, 2.75) is 26.2 Å². The summed E-state index contributed by atoms with van der Waals surface area (Å²) in [4.78, 5) is 18.5. The van der Waals surface area contributed by atoms with E-state index in [1.165, 1.54) is 25.0 Å². The Kier molecular flexibility index (Phi) is 7.03. The number of amides is 1. The quantitative estimate of drug-likeness (QED) is 0.490. The van der Waals surface area contributed by atoms with Gasteiger partial charge in [0, 0.05) is 33.2 Å².